The van der Waals surface area contributed by atoms with Crippen molar-refractivity contribution in [1.82, 2.24) is 10.6 Å². The predicted molar refractivity (Wildman–Crippen MR) is 58.5 cm³/mol. The van der Waals surface area contributed by atoms with E-state index in [2.05, 4.69) is 10.6 Å². The highest BCUT2D eigenvalue weighted by atomic mass is 35.5. The lowest BCUT2D eigenvalue weighted by molar-refractivity contribution is -0.119. The van der Waals surface area contributed by atoms with Crippen LogP contribution in [-0.2, 0) is 4.79 Å². The highest BCUT2D eigenvalue weighted by Crippen LogP contribution is 2.41. The van der Waals surface area contributed by atoms with E-state index >= 15 is 0 Å². The molecule has 1 aliphatic carbocycles. The molecule has 0 aromatic rings. The SMILES string of the molecule is CC(C)=C(F)C(=O)NC1C2CNCC21.Cl. The topological polar surface area (TPSA) is 41.1 Å². The first kappa shape index (κ1) is 12.5. The van der Waals surface area contributed by atoms with Crippen molar-refractivity contribution in [3.63, 3.8) is 0 Å². The Bertz CT molecular complexity index is 292. The molecule has 0 spiro atoms. The highest BCUT2D eigenvalue weighted by molar-refractivity contribution is 5.92. The van der Waals surface area contributed by atoms with Gasteiger partial charge >= 0.3 is 0 Å². The summed E-state index contributed by atoms with van der Waals surface area (Å²) in [5.41, 5.74) is 0.437. The molecule has 1 aliphatic heterocycles. The van der Waals surface area contributed by atoms with E-state index in [1.807, 2.05) is 0 Å². The largest absolute Gasteiger partial charge is 0.347 e. The zero-order chi connectivity index (χ0) is 10.3. The highest BCUT2D eigenvalue weighted by Gasteiger charge is 2.53. The molecule has 0 aromatic carbocycles. The van der Waals surface area contributed by atoms with Crippen LogP contribution in [0.5, 0.6) is 0 Å². The van der Waals surface area contributed by atoms with Gasteiger partial charge in [-0.25, -0.2) is 4.39 Å². The predicted octanol–water partition coefficient (Wildman–Crippen LogP) is 1.01. The molecule has 86 valence electrons. The van der Waals surface area contributed by atoms with Gasteiger partial charge in [0.05, 0.1) is 0 Å². The second-order valence-corrected chi connectivity index (χ2v) is 4.30. The zero-order valence-electron chi connectivity index (χ0n) is 8.84. The molecule has 5 heteroatoms. The summed E-state index contributed by atoms with van der Waals surface area (Å²) in [6.07, 6.45) is 0. The van der Waals surface area contributed by atoms with Crippen molar-refractivity contribution >= 4 is 18.3 Å². The average molecular weight is 235 g/mol. The summed E-state index contributed by atoms with van der Waals surface area (Å²) in [6.45, 7) is 5.10. The second kappa shape index (κ2) is 4.49. The van der Waals surface area contributed by atoms with Crippen molar-refractivity contribution < 1.29 is 9.18 Å². The maximum Gasteiger partial charge on any atom is 0.280 e. The standard InChI is InChI=1S/C10H15FN2O.ClH/c1-5(2)8(11)10(14)13-9-6-3-12-4-7(6)9;/h6-7,9,12H,3-4H2,1-2H3,(H,13,14);1H. The number of allylic oxidation sites excluding steroid dienone is 1. The minimum Gasteiger partial charge on any atom is -0.347 e. The fourth-order valence-corrected chi connectivity index (χ4v) is 2.07. The lowest BCUT2D eigenvalue weighted by atomic mass is 10.3. The van der Waals surface area contributed by atoms with Crippen molar-refractivity contribution in [2.45, 2.75) is 19.9 Å². The first-order chi connectivity index (χ1) is 6.61. The summed E-state index contributed by atoms with van der Waals surface area (Å²) in [4.78, 5) is 11.3. The molecule has 2 rings (SSSR count). The molecule has 0 radical (unpaired) electrons. The van der Waals surface area contributed by atoms with Crippen molar-refractivity contribution in [2.24, 2.45) is 11.8 Å². The van der Waals surface area contributed by atoms with Crippen LogP contribution in [0.1, 0.15) is 13.8 Å². The van der Waals surface area contributed by atoms with E-state index in [4.69, 9.17) is 0 Å². The summed E-state index contributed by atoms with van der Waals surface area (Å²) in [5.74, 6) is -0.125. The fourth-order valence-electron chi connectivity index (χ4n) is 2.07. The van der Waals surface area contributed by atoms with Crippen LogP contribution in [0.25, 0.3) is 0 Å². The molecule has 2 atom stereocenters. The van der Waals surface area contributed by atoms with E-state index in [9.17, 15) is 9.18 Å². The van der Waals surface area contributed by atoms with Gasteiger partial charge in [-0.1, -0.05) is 0 Å². The maximum absolute atomic E-state index is 13.1. The Kier molecular flexibility index (Phi) is 3.73. The van der Waals surface area contributed by atoms with Crippen LogP contribution in [0.2, 0.25) is 0 Å². The molecule has 3 nitrogen and oxygen atoms in total. The van der Waals surface area contributed by atoms with Gasteiger partial charge in [-0.05, 0) is 31.3 Å². The van der Waals surface area contributed by atoms with Crippen molar-refractivity contribution in [3.8, 4) is 0 Å². The third kappa shape index (κ3) is 2.32. The number of rotatable bonds is 2. The number of halogens is 2. The monoisotopic (exact) mass is 234 g/mol. The summed E-state index contributed by atoms with van der Waals surface area (Å²) in [6, 6.07) is 0.203. The molecule has 0 aromatic heterocycles. The third-order valence-corrected chi connectivity index (χ3v) is 3.03. The first-order valence-electron chi connectivity index (χ1n) is 4.96. The van der Waals surface area contributed by atoms with Gasteiger partial charge in [0.1, 0.15) is 0 Å². The van der Waals surface area contributed by atoms with Crippen LogP contribution >= 0.6 is 12.4 Å². The number of hydrogen-bond acceptors (Lipinski definition) is 2. The van der Waals surface area contributed by atoms with Crippen LogP contribution in [0.4, 0.5) is 4.39 Å². The zero-order valence-corrected chi connectivity index (χ0v) is 9.66. The fraction of sp³-hybridized carbons (Fsp3) is 0.700. The third-order valence-electron chi connectivity index (χ3n) is 3.03. The minimum absolute atomic E-state index is 0. The van der Waals surface area contributed by atoms with E-state index in [0.717, 1.165) is 13.1 Å². The molecule has 1 amide bonds. The number of amides is 1. The van der Waals surface area contributed by atoms with Gasteiger partial charge < -0.3 is 10.6 Å². The molecule has 1 saturated heterocycles. The molecular weight excluding hydrogens is 219 g/mol. The molecular formula is C10H16ClFN2O. The van der Waals surface area contributed by atoms with Gasteiger partial charge in [-0.3, -0.25) is 4.79 Å². The number of piperidine rings is 1. The Hall–Kier alpha value is -0.610. The van der Waals surface area contributed by atoms with Crippen LogP contribution < -0.4 is 10.6 Å². The number of nitrogens with one attached hydrogen (secondary N) is 2. The molecule has 1 heterocycles. The Balaban J connectivity index is 0.00000112. The average Bonchev–Trinajstić information content (AvgIpc) is 2.63. The first-order valence-corrected chi connectivity index (χ1v) is 4.96. The Labute approximate surface area is 94.9 Å². The van der Waals surface area contributed by atoms with Crippen LogP contribution in [0.15, 0.2) is 11.4 Å². The van der Waals surface area contributed by atoms with E-state index in [0.29, 0.717) is 17.4 Å². The number of hydrogen-bond donors (Lipinski definition) is 2. The van der Waals surface area contributed by atoms with E-state index in [-0.39, 0.29) is 18.4 Å². The molecule has 2 fully saturated rings. The molecule has 2 unspecified atom stereocenters. The van der Waals surface area contributed by atoms with Gasteiger partial charge in [-0.2, -0.15) is 0 Å². The second-order valence-electron chi connectivity index (χ2n) is 4.30. The summed E-state index contributed by atoms with van der Waals surface area (Å²) >= 11 is 0. The van der Waals surface area contributed by atoms with Gasteiger partial charge in [0.25, 0.3) is 5.91 Å². The van der Waals surface area contributed by atoms with Crippen LogP contribution in [0, 0.1) is 11.8 Å². The smallest absolute Gasteiger partial charge is 0.280 e. The number of fused-ring (bicyclic) bond motifs is 1. The minimum atomic E-state index is -0.636. The van der Waals surface area contributed by atoms with Crippen LogP contribution in [0.3, 0.4) is 0 Å². The Morgan fingerprint density at radius 1 is 1.33 bits per heavy atom. The quantitative estimate of drug-likeness (QED) is 0.701. The van der Waals surface area contributed by atoms with E-state index in [1.165, 1.54) is 0 Å². The lowest BCUT2D eigenvalue weighted by Gasteiger charge is -2.06. The maximum atomic E-state index is 13.1. The van der Waals surface area contributed by atoms with Crippen LogP contribution in [-0.4, -0.2) is 25.0 Å². The molecule has 0 bridgehead atoms. The van der Waals surface area contributed by atoms with Gasteiger partial charge in [0.15, 0.2) is 5.83 Å². The summed E-state index contributed by atoms with van der Waals surface area (Å²) < 4.78 is 13.1. The summed E-state index contributed by atoms with van der Waals surface area (Å²) in [7, 11) is 0. The Morgan fingerprint density at radius 2 is 1.87 bits per heavy atom. The van der Waals surface area contributed by atoms with Crippen molar-refractivity contribution in [2.75, 3.05) is 13.1 Å². The van der Waals surface area contributed by atoms with Gasteiger partial charge in [-0.15, -0.1) is 12.4 Å². The number of carbonyl (C=O) groups excluding carboxylic acids is 1. The summed E-state index contributed by atoms with van der Waals surface area (Å²) in [5, 5.41) is 5.95. The molecule has 1 saturated carbocycles. The van der Waals surface area contributed by atoms with Crippen molar-refractivity contribution in [1.29, 1.82) is 0 Å². The van der Waals surface area contributed by atoms with Gasteiger partial charge in [0.2, 0.25) is 0 Å². The molecule has 2 N–H and O–H groups in total. The normalized spacial score (nSPS) is 31.3. The Morgan fingerprint density at radius 3 is 2.33 bits per heavy atom. The van der Waals surface area contributed by atoms with E-state index in [1.54, 1.807) is 13.8 Å². The number of carbonyl (C=O) groups is 1. The lowest BCUT2D eigenvalue weighted by Crippen LogP contribution is -2.32. The van der Waals surface area contributed by atoms with E-state index < -0.39 is 11.7 Å². The molecule has 15 heavy (non-hydrogen) atoms. The van der Waals surface area contributed by atoms with Gasteiger partial charge in [0, 0.05) is 19.1 Å². The van der Waals surface area contributed by atoms with Crippen molar-refractivity contribution in [3.05, 3.63) is 11.4 Å². The molecule has 2 aliphatic rings.